The predicted molar refractivity (Wildman–Crippen MR) is 72.3 cm³/mol. The molecule has 2 heterocycles. The van der Waals surface area contributed by atoms with Crippen molar-refractivity contribution in [2.24, 2.45) is 0 Å². The summed E-state index contributed by atoms with van der Waals surface area (Å²) in [5.41, 5.74) is 4.61. The quantitative estimate of drug-likeness (QED) is 0.731. The van der Waals surface area contributed by atoms with Crippen molar-refractivity contribution in [2.45, 2.75) is 37.8 Å². The molecule has 1 nitrogen and oxygen atoms in total. The van der Waals surface area contributed by atoms with Gasteiger partial charge in [0.25, 0.3) is 0 Å². The van der Waals surface area contributed by atoms with E-state index in [4.69, 9.17) is 11.6 Å². The monoisotopic (exact) mass is 247 g/mol. The van der Waals surface area contributed by atoms with E-state index in [-0.39, 0.29) is 0 Å². The zero-order chi connectivity index (χ0) is 11.8. The molecule has 2 heteroatoms. The van der Waals surface area contributed by atoms with E-state index in [1.165, 1.54) is 24.0 Å². The molecule has 0 spiro atoms. The summed E-state index contributed by atoms with van der Waals surface area (Å²) in [6.07, 6.45) is 2.62. The Morgan fingerprint density at radius 1 is 1.24 bits per heavy atom. The number of fused-ring (bicyclic) bond motifs is 1. The molecule has 3 rings (SSSR count). The van der Waals surface area contributed by atoms with E-state index in [1.54, 1.807) is 0 Å². The van der Waals surface area contributed by atoms with Crippen molar-refractivity contribution < 1.29 is 0 Å². The lowest BCUT2D eigenvalue weighted by Crippen LogP contribution is -2.30. The molecule has 2 saturated heterocycles. The Morgan fingerprint density at radius 3 is 2.71 bits per heavy atom. The van der Waals surface area contributed by atoms with E-state index in [1.807, 2.05) is 5.54 Å². The van der Waals surface area contributed by atoms with Crippen molar-refractivity contribution in [2.75, 3.05) is 6.54 Å². The van der Waals surface area contributed by atoms with E-state index in [0.717, 1.165) is 6.54 Å². The fourth-order valence-electron chi connectivity index (χ4n) is 3.46. The third-order valence-electron chi connectivity index (χ3n) is 4.32. The average molecular weight is 248 g/mol. The zero-order valence-corrected chi connectivity index (χ0v) is 10.9. The van der Waals surface area contributed by atoms with Crippen LogP contribution < -0.4 is 0 Å². The molecule has 2 aliphatic rings. The van der Waals surface area contributed by atoms with E-state index in [9.17, 15) is 0 Å². The molecule has 0 saturated carbocycles. The second-order valence-electron chi connectivity index (χ2n) is 5.24. The van der Waals surface area contributed by atoms with E-state index in [2.05, 4.69) is 42.2 Å². The third kappa shape index (κ3) is 1.82. The molecule has 0 amide bonds. The molecule has 2 fully saturated rings. The molecule has 0 bridgehead atoms. The van der Waals surface area contributed by atoms with E-state index in [0.29, 0.717) is 18.0 Å². The van der Waals surface area contributed by atoms with Crippen LogP contribution in [0.4, 0.5) is 0 Å². The fraction of sp³-hybridized carbons (Fsp3) is 0.467. The Hall–Kier alpha value is -0.790. The van der Waals surface area contributed by atoms with Gasteiger partial charge in [0.1, 0.15) is 0 Å². The maximum Gasteiger partial charge on any atom is 0.0229 e. The van der Waals surface area contributed by atoms with Crippen LogP contribution in [-0.2, 0) is 0 Å². The minimum absolute atomic E-state index is 0.513. The highest BCUT2D eigenvalue weighted by Gasteiger charge is 2.43. The van der Waals surface area contributed by atoms with Gasteiger partial charge in [0.15, 0.2) is 0 Å². The summed E-state index contributed by atoms with van der Waals surface area (Å²) < 4.78 is 0. The highest BCUT2D eigenvalue weighted by atomic mass is 35.5. The van der Waals surface area contributed by atoms with Crippen LogP contribution in [0, 0.1) is 0 Å². The summed E-state index contributed by atoms with van der Waals surface area (Å²) in [6, 6.07) is 12.2. The average Bonchev–Trinajstić information content (AvgIpc) is 2.90. The first-order valence-electron chi connectivity index (χ1n) is 6.41. The number of rotatable bonds is 1. The Balaban J connectivity index is 1.97. The molecular weight excluding hydrogens is 230 g/mol. The van der Waals surface area contributed by atoms with Crippen LogP contribution in [0.5, 0.6) is 0 Å². The van der Waals surface area contributed by atoms with Gasteiger partial charge < -0.3 is 0 Å². The van der Waals surface area contributed by atoms with Gasteiger partial charge in [-0.15, -0.1) is 0 Å². The van der Waals surface area contributed by atoms with Crippen LogP contribution in [0.15, 0.2) is 41.4 Å². The molecule has 0 radical (unpaired) electrons. The molecule has 0 aliphatic carbocycles. The van der Waals surface area contributed by atoms with Gasteiger partial charge in [0.05, 0.1) is 0 Å². The van der Waals surface area contributed by atoms with Gasteiger partial charge in [-0.25, -0.2) is 0 Å². The molecular formula is C15H18ClN. The normalized spacial score (nSPS) is 35.4. The summed E-state index contributed by atoms with van der Waals surface area (Å²) in [7, 11) is 0. The molecule has 0 aromatic heterocycles. The van der Waals surface area contributed by atoms with Crippen molar-refractivity contribution in [1.82, 2.24) is 4.90 Å². The summed E-state index contributed by atoms with van der Waals surface area (Å²) in [6.45, 7) is 3.38. The minimum Gasteiger partial charge on any atom is -0.293 e. The van der Waals surface area contributed by atoms with Crippen LogP contribution in [0.1, 0.15) is 31.2 Å². The van der Waals surface area contributed by atoms with Crippen molar-refractivity contribution in [3.05, 3.63) is 47.0 Å². The van der Waals surface area contributed by atoms with Gasteiger partial charge in [-0.3, -0.25) is 4.90 Å². The molecule has 2 aliphatic heterocycles. The lowest BCUT2D eigenvalue weighted by atomic mass is 9.88. The van der Waals surface area contributed by atoms with Crippen LogP contribution in [0.25, 0.3) is 0 Å². The van der Waals surface area contributed by atoms with Crippen LogP contribution in [0.3, 0.4) is 0 Å². The molecule has 1 aromatic carbocycles. The number of hydrogen-bond donors (Lipinski definition) is 0. The summed E-state index contributed by atoms with van der Waals surface area (Å²) in [5, 5.41) is 0. The summed E-state index contributed by atoms with van der Waals surface area (Å²) in [5.74, 6) is 0.513. The molecule has 90 valence electrons. The first kappa shape index (κ1) is 11.3. The fourth-order valence-corrected chi connectivity index (χ4v) is 3.66. The SMILES string of the molecule is C[C@H]1CC[C@@H]2[C@@H](c3ccccc3)/C(=C/Cl)CN21. The number of benzene rings is 1. The predicted octanol–water partition coefficient (Wildman–Crippen LogP) is 3.76. The number of hydrogen-bond acceptors (Lipinski definition) is 1. The highest BCUT2D eigenvalue weighted by Crippen LogP contribution is 2.45. The lowest BCUT2D eigenvalue weighted by molar-refractivity contribution is 0.254. The maximum atomic E-state index is 6.02. The zero-order valence-electron chi connectivity index (χ0n) is 10.1. The molecule has 0 unspecified atom stereocenters. The maximum absolute atomic E-state index is 6.02. The van der Waals surface area contributed by atoms with Gasteiger partial charge in [-0.1, -0.05) is 41.9 Å². The van der Waals surface area contributed by atoms with Gasteiger partial charge >= 0.3 is 0 Å². The standard InChI is InChI=1S/C15H18ClN/c1-11-7-8-14-15(12-5-3-2-4-6-12)13(9-16)10-17(11)14/h2-6,9,11,14-15H,7-8,10H2,1H3/b13-9+/t11-,14+,15-/m0/s1. The summed E-state index contributed by atoms with van der Waals surface area (Å²) in [4.78, 5) is 2.62. The van der Waals surface area contributed by atoms with Crippen LogP contribution in [-0.4, -0.2) is 23.5 Å². The Bertz CT molecular complexity index is 426. The largest absolute Gasteiger partial charge is 0.293 e. The van der Waals surface area contributed by atoms with E-state index >= 15 is 0 Å². The Morgan fingerprint density at radius 2 is 2.00 bits per heavy atom. The molecule has 0 N–H and O–H groups in total. The topological polar surface area (TPSA) is 3.24 Å². The number of nitrogens with zero attached hydrogens (tertiary/aromatic N) is 1. The second kappa shape index (κ2) is 4.47. The Kier molecular flexibility index (Phi) is 2.97. The first-order valence-corrected chi connectivity index (χ1v) is 6.84. The Labute approximate surface area is 108 Å². The van der Waals surface area contributed by atoms with Crippen molar-refractivity contribution >= 4 is 11.6 Å². The second-order valence-corrected chi connectivity index (χ2v) is 5.46. The van der Waals surface area contributed by atoms with Crippen molar-refractivity contribution in [1.29, 1.82) is 0 Å². The highest BCUT2D eigenvalue weighted by molar-refractivity contribution is 6.25. The van der Waals surface area contributed by atoms with Gasteiger partial charge in [-0.05, 0) is 30.9 Å². The smallest absolute Gasteiger partial charge is 0.0229 e. The van der Waals surface area contributed by atoms with Crippen molar-refractivity contribution in [3.8, 4) is 0 Å². The van der Waals surface area contributed by atoms with Gasteiger partial charge in [0, 0.05) is 30.1 Å². The first-order chi connectivity index (χ1) is 8.31. The molecule has 17 heavy (non-hydrogen) atoms. The van der Waals surface area contributed by atoms with E-state index < -0.39 is 0 Å². The molecule has 3 atom stereocenters. The van der Waals surface area contributed by atoms with Crippen molar-refractivity contribution in [3.63, 3.8) is 0 Å². The number of halogens is 1. The van der Waals surface area contributed by atoms with Gasteiger partial charge in [-0.2, -0.15) is 0 Å². The van der Waals surface area contributed by atoms with Crippen LogP contribution >= 0.6 is 11.6 Å². The summed E-state index contributed by atoms with van der Waals surface area (Å²) >= 11 is 6.02. The third-order valence-corrected chi connectivity index (χ3v) is 4.60. The molecule has 1 aromatic rings. The lowest BCUT2D eigenvalue weighted by Gasteiger charge is -2.22. The minimum atomic E-state index is 0.513. The van der Waals surface area contributed by atoms with Gasteiger partial charge in [0.2, 0.25) is 0 Å². The van der Waals surface area contributed by atoms with Crippen LogP contribution in [0.2, 0.25) is 0 Å².